The van der Waals surface area contributed by atoms with Gasteiger partial charge in [0.05, 0.1) is 11.3 Å². The first-order chi connectivity index (χ1) is 12.5. The van der Waals surface area contributed by atoms with E-state index in [-0.39, 0.29) is 5.69 Å². The summed E-state index contributed by atoms with van der Waals surface area (Å²) in [5, 5.41) is 4.08. The van der Waals surface area contributed by atoms with Crippen LogP contribution in [0.4, 0.5) is 0 Å². The van der Waals surface area contributed by atoms with Crippen molar-refractivity contribution in [3.05, 3.63) is 69.1 Å². The Kier molecular flexibility index (Phi) is 4.04. The summed E-state index contributed by atoms with van der Waals surface area (Å²) in [5.41, 5.74) is 3.86. The monoisotopic (exact) mass is 411 g/mol. The number of pyridine rings is 1. The Hall–Kier alpha value is -3.00. The summed E-state index contributed by atoms with van der Waals surface area (Å²) >= 11 is 3.45. The predicted molar refractivity (Wildman–Crippen MR) is 100 cm³/mol. The average Bonchev–Trinajstić information content (AvgIpc) is 3.25. The van der Waals surface area contributed by atoms with E-state index in [4.69, 9.17) is 4.52 Å². The number of imidazole rings is 1. The molecule has 0 unspecified atom stereocenters. The first kappa shape index (κ1) is 16.5. The number of rotatable bonds is 3. The van der Waals surface area contributed by atoms with Crippen molar-refractivity contribution in [3.8, 4) is 28.5 Å². The van der Waals surface area contributed by atoms with Gasteiger partial charge in [0.2, 0.25) is 5.82 Å². The van der Waals surface area contributed by atoms with Crippen LogP contribution in [0.5, 0.6) is 0 Å². The summed E-state index contributed by atoms with van der Waals surface area (Å²) in [6, 6.07) is 7.43. The molecule has 26 heavy (non-hydrogen) atoms. The van der Waals surface area contributed by atoms with Gasteiger partial charge >= 0.3 is 5.69 Å². The van der Waals surface area contributed by atoms with Gasteiger partial charge in [0.25, 0.3) is 5.89 Å². The van der Waals surface area contributed by atoms with Crippen LogP contribution in [0.2, 0.25) is 0 Å². The maximum atomic E-state index is 12.0. The second-order valence-electron chi connectivity index (χ2n) is 5.84. The standard InChI is InChI=1S/C18H14BrN5O2/c1-10-7-21-18(25)24(10)13-5-3-4-12(6-13)16-22-17(26-23-16)14-8-20-9-15(19)11(14)2/h3-9H,1-2H3,(H,21,25). The molecular weight excluding hydrogens is 398 g/mol. The van der Waals surface area contributed by atoms with E-state index < -0.39 is 0 Å². The quantitative estimate of drug-likeness (QED) is 0.555. The van der Waals surface area contributed by atoms with Crippen LogP contribution in [0.3, 0.4) is 0 Å². The zero-order valence-electron chi connectivity index (χ0n) is 14.0. The fourth-order valence-electron chi connectivity index (χ4n) is 2.73. The fourth-order valence-corrected chi connectivity index (χ4v) is 3.06. The second-order valence-corrected chi connectivity index (χ2v) is 6.69. The number of nitrogens with one attached hydrogen (secondary N) is 1. The van der Waals surface area contributed by atoms with Crippen molar-refractivity contribution in [2.45, 2.75) is 13.8 Å². The molecule has 0 fully saturated rings. The number of aryl methyl sites for hydroxylation is 1. The van der Waals surface area contributed by atoms with Crippen LogP contribution < -0.4 is 5.69 Å². The topological polar surface area (TPSA) is 89.6 Å². The van der Waals surface area contributed by atoms with Crippen LogP contribution in [0.1, 0.15) is 11.3 Å². The minimum Gasteiger partial charge on any atom is -0.334 e. The molecule has 0 radical (unpaired) electrons. The number of aromatic nitrogens is 5. The van der Waals surface area contributed by atoms with E-state index >= 15 is 0 Å². The summed E-state index contributed by atoms with van der Waals surface area (Å²) < 4.78 is 7.89. The molecule has 0 aliphatic carbocycles. The lowest BCUT2D eigenvalue weighted by Gasteiger charge is -2.05. The molecule has 1 aromatic carbocycles. The number of benzene rings is 1. The van der Waals surface area contributed by atoms with Gasteiger partial charge in [0, 0.05) is 34.3 Å². The van der Waals surface area contributed by atoms with Gasteiger partial charge in [-0.05, 0) is 47.5 Å². The highest BCUT2D eigenvalue weighted by molar-refractivity contribution is 9.10. The zero-order chi connectivity index (χ0) is 18.3. The molecule has 3 heterocycles. The molecule has 7 nitrogen and oxygen atoms in total. The van der Waals surface area contributed by atoms with Crippen molar-refractivity contribution in [1.29, 1.82) is 0 Å². The van der Waals surface area contributed by atoms with Gasteiger partial charge in [0.1, 0.15) is 0 Å². The molecule has 0 aliphatic rings. The number of hydrogen-bond acceptors (Lipinski definition) is 5. The van der Waals surface area contributed by atoms with E-state index in [2.05, 4.69) is 36.0 Å². The highest BCUT2D eigenvalue weighted by Gasteiger charge is 2.15. The van der Waals surface area contributed by atoms with E-state index in [0.29, 0.717) is 11.7 Å². The molecule has 4 aromatic rings. The molecular formula is C18H14BrN5O2. The maximum Gasteiger partial charge on any atom is 0.330 e. The third-order valence-electron chi connectivity index (χ3n) is 4.13. The zero-order valence-corrected chi connectivity index (χ0v) is 15.6. The fraction of sp³-hybridized carbons (Fsp3) is 0.111. The van der Waals surface area contributed by atoms with Crippen molar-refractivity contribution in [2.24, 2.45) is 0 Å². The molecule has 130 valence electrons. The smallest absolute Gasteiger partial charge is 0.330 e. The molecule has 8 heteroatoms. The van der Waals surface area contributed by atoms with Crippen LogP contribution in [0.25, 0.3) is 28.5 Å². The lowest BCUT2D eigenvalue weighted by molar-refractivity contribution is 0.432. The normalized spacial score (nSPS) is 11.0. The minimum atomic E-state index is -0.190. The molecule has 1 N–H and O–H groups in total. The van der Waals surface area contributed by atoms with Crippen LogP contribution in [-0.4, -0.2) is 24.7 Å². The van der Waals surface area contributed by atoms with Crippen molar-refractivity contribution in [3.63, 3.8) is 0 Å². The van der Waals surface area contributed by atoms with Crippen LogP contribution >= 0.6 is 15.9 Å². The largest absolute Gasteiger partial charge is 0.334 e. The highest BCUT2D eigenvalue weighted by Crippen LogP contribution is 2.28. The molecule has 3 aromatic heterocycles. The highest BCUT2D eigenvalue weighted by atomic mass is 79.9. The number of hydrogen-bond donors (Lipinski definition) is 1. The third-order valence-corrected chi connectivity index (χ3v) is 4.93. The molecule has 0 spiro atoms. The van der Waals surface area contributed by atoms with E-state index in [1.807, 2.05) is 38.1 Å². The molecule has 0 saturated heterocycles. The van der Waals surface area contributed by atoms with E-state index in [1.165, 1.54) is 0 Å². The van der Waals surface area contributed by atoms with Gasteiger partial charge in [-0.15, -0.1) is 0 Å². The van der Waals surface area contributed by atoms with Gasteiger partial charge < -0.3 is 9.51 Å². The number of nitrogens with zero attached hydrogens (tertiary/aromatic N) is 4. The van der Waals surface area contributed by atoms with Gasteiger partial charge in [-0.2, -0.15) is 4.98 Å². The van der Waals surface area contributed by atoms with Crippen molar-refractivity contribution in [1.82, 2.24) is 24.7 Å². The Labute approximate surface area is 156 Å². The van der Waals surface area contributed by atoms with E-state index in [0.717, 1.165) is 32.5 Å². The summed E-state index contributed by atoms with van der Waals surface area (Å²) in [6.07, 6.45) is 5.08. The first-order valence-corrected chi connectivity index (χ1v) is 8.66. The summed E-state index contributed by atoms with van der Waals surface area (Å²) in [4.78, 5) is 23.3. The molecule has 4 rings (SSSR count). The lowest BCUT2D eigenvalue weighted by Crippen LogP contribution is -2.15. The van der Waals surface area contributed by atoms with Crippen molar-refractivity contribution < 1.29 is 4.52 Å². The molecule has 0 atom stereocenters. The SMILES string of the molecule is Cc1c(Br)cncc1-c1nc(-c2cccc(-n3c(C)c[nH]c3=O)c2)no1. The van der Waals surface area contributed by atoms with Gasteiger partial charge in [-0.1, -0.05) is 17.3 Å². The van der Waals surface area contributed by atoms with E-state index in [9.17, 15) is 4.79 Å². The average molecular weight is 412 g/mol. The number of aromatic amines is 1. The molecule has 0 saturated carbocycles. The predicted octanol–water partition coefficient (Wildman–Crippen LogP) is 3.66. The Morgan fingerprint density at radius 3 is 2.85 bits per heavy atom. The van der Waals surface area contributed by atoms with Crippen LogP contribution in [0.15, 0.2) is 56.6 Å². The summed E-state index contributed by atoms with van der Waals surface area (Å²) in [7, 11) is 0. The Morgan fingerprint density at radius 1 is 1.23 bits per heavy atom. The summed E-state index contributed by atoms with van der Waals surface area (Å²) in [6.45, 7) is 3.81. The van der Waals surface area contributed by atoms with Gasteiger partial charge in [0.15, 0.2) is 0 Å². The van der Waals surface area contributed by atoms with Gasteiger partial charge in [-0.25, -0.2) is 4.79 Å². The Bertz CT molecular complexity index is 1160. The Balaban J connectivity index is 1.76. The lowest BCUT2D eigenvalue weighted by atomic mass is 10.1. The maximum absolute atomic E-state index is 12.0. The van der Waals surface area contributed by atoms with Crippen molar-refractivity contribution >= 4 is 15.9 Å². The first-order valence-electron chi connectivity index (χ1n) is 7.86. The minimum absolute atomic E-state index is 0.190. The van der Waals surface area contributed by atoms with Crippen LogP contribution in [-0.2, 0) is 0 Å². The third kappa shape index (κ3) is 2.78. The van der Waals surface area contributed by atoms with Crippen LogP contribution in [0, 0.1) is 13.8 Å². The Morgan fingerprint density at radius 2 is 2.08 bits per heavy atom. The molecule has 0 bridgehead atoms. The second kappa shape index (κ2) is 6.38. The molecule has 0 aliphatic heterocycles. The number of H-pyrrole nitrogens is 1. The van der Waals surface area contributed by atoms with E-state index in [1.54, 1.807) is 23.2 Å². The number of halogens is 1. The van der Waals surface area contributed by atoms with Gasteiger partial charge in [-0.3, -0.25) is 9.55 Å². The van der Waals surface area contributed by atoms with Crippen molar-refractivity contribution in [2.75, 3.05) is 0 Å². The summed E-state index contributed by atoms with van der Waals surface area (Å²) in [5.74, 6) is 0.842. The molecule has 0 amide bonds.